The molecule has 0 bridgehead atoms. The highest BCUT2D eigenvalue weighted by atomic mass is 19.3. The normalized spacial score (nSPS) is 11.8. The van der Waals surface area contributed by atoms with Crippen molar-refractivity contribution >= 4 is 11.7 Å². The Morgan fingerprint density at radius 1 is 1.09 bits per heavy atom. The maximum atomic E-state index is 12.3. The van der Waals surface area contributed by atoms with Crippen LogP contribution in [0.25, 0.3) is 0 Å². The van der Waals surface area contributed by atoms with Gasteiger partial charge in [-0.3, -0.25) is 0 Å². The summed E-state index contributed by atoms with van der Waals surface area (Å²) in [5, 5.41) is 14.4. The van der Waals surface area contributed by atoms with Crippen molar-refractivity contribution in [1.82, 2.24) is 5.32 Å². The Bertz CT molecular complexity index is 638. The molecule has 2 aromatic rings. The van der Waals surface area contributed by atoms with Gasteiger partial charge in [0.25, 0.3) is 0 Å². The van der Waals surface area contributed by atoms with E-state index in [1.807, 2.05) is 6.07 Å². The zero-order valence-corrected chi connectivity index (χ0v) is 12.1. The Balaban J connectivity index is 2.04. The largest absolute Gasteiger partial charge is 0.433 e. The maximum Gasteiger partial charge on any atom is 0.387 e. The van der Waals surface area contributed by atoms with Crippen LogP contribution >= 0.6 is 0 Å². The number of nitrogens with one attached hydrogen (secondary N) is 2. The van der Waals surface area contributed by atoms with Crippen molar-refractivity contribution in [2.75, 3.05) is 11.9 Å². The topological polar surface area (TPSA) is 70.6 Å². The summed E-state index contributed by atoms with van der Waals surface area (Å²) < 4.78 is 29.0. The molecule has 5 nitrogen and oxygen atoms in total. The first-order valence-corrected chi connectivity index (χ1v) is 6.87. The van der Waals surface area contributed by atoms with Crippen LogP contribution in [-0.2, 0) is 0 Å². The zero-order chi connectivity index (χ0) is 16.7. The number of ether oxygens (including phenoxy) is 1. The SMILES string of the molecule is O=C(Nc1ccccc1OC(F)F)NC(CO)c1ccccc1. The summed E-state index contributed by atoms with van der Waals surface area (Å²) in [4.78, 5) is 12.0. The van der Waals surface area contributed by atoms with Crippen molar-refractivity contribution in [3.05, 3.63) is 60.2 Å². The summed E-state index contributed by atoms with van der Waals surface area (Å²) in [7, 11) is 0. The molecule has 2 amide bonds. The van der Waals surface area contributed by atoms with Gasteiger partial charge in [0.2, 0.25) is 0 Å². The Morgan fingerprint density at radius 2 is 1.74 bits per heavy atom. The van der Waals surface area contributed by atoms with Crippen LogP contribution in [0, 0.1) is 0 Å². The average Bonchev–Trinajstić information content (AvgIpc) is 2.55. The van der Waals surface area contributed by atoms with Crippen LogP contribution in [0.5, 0.6) is 5.75 Å². The molecule has 0 aliphatic rings. The first kappa shape index (κ1) is 16.7. The lowest BCUT2D eigenvalue weighted by molar-refractivity contribution is -0.0493. The molecular weight excluding hydrogens is 306 g/mol. The number of alkyl halides is 2. The van der Waals surface area contributed by atoms with E-state index in [0.29, 0.717) is 0 Å². The van der Waals surface area contributed by atoms with Gasteiger partial charge in [-0.05, 0) is 17.7 Å². The van der Waals surface area contributed by atoms with Gasteiger partial charge in [-0.2, -0.15) is 8.78 Å². The fraction of sp³-hybridized carbons (Fsp3) is 0.188. The van der Waals surface area contributed by atoms with E-state index in [4.69, 9.17) is 0 Å². The van der Waals surface area contributed by atoms with Gasteiger partial charge in [-0.15, -0.1) is 0 Å². The van der Waals surface area contributed by atoms with Gasteiger partial charge < -0.3 is 20.5 Å². The van der Waals surface area contributed by atoms with E-state index in [9.17, 15) is 18.7 Å². The number of anilines is 1. The Hall–Kier alpha value is -2.67. The smallest absolute Gasteiger partial charge is 0.387 e. The molecule has 23 heavy (non-hydrogen) atoms. The van der Waals surface area contributed by atoms with Gasteiger partial charge in [0.1, 0.15) is 5.75 Å². The van der Waals surface area contributed by atoms with Crippen molar-refractivity contribution < 1.29 is 23.4 Å². The number of hydrogen-bond donors (Lipinski definition) is 3. The summed E-state index contributed by atoms with van der Waals surface area (Å²) in [6.07, 6.45) is 0. The fourth-order valence-corrected chi connectivity index (χ4v) is 2.01. The van der Waals surface area contributed by atoms with Gasteiger partial charge in [-0.1, -0.05) is 42.5 Å². The van der Waals surface area contributed by atoms with E-state index in [-0.39, 0.29) is 18.0 Å². The lowest BCUT2D eigenvalue weighted by Gasteiger charge is -2.18. The number of aliphatic hydroxyl groups excluding tert-OH is 1. The molecule has 7 heteroatoms. The summed E-state index contributed by atoms with van der Waals surface area (Å²) in [5.74, 6) is -0.141. The van der Waals surface area contributed by atoms with Crippen LogP contribution < -0.4 is 15.4 Å². The lowest BCUT2D eigenvalue weighted by Crippen LogP contribution is -2.34. The standard InChI is InChI=1S/C16H16F2N2O3/c17-15(18)23-14-9-5-4-8-12(14)19-16(22)20-13(10-21)11-6-2-1-3-7-11/h1-9,13,15,21H,10H2,(H2,19,20,22). The van der Waals surface area contributed by atoms with Crippen molar-refractivity contribution in [3.63, 3.8) is 0 Å². The fourth-order valence-electron chi connectivity index (χ4n) is 2.01. The number of rotatable bonds is 6. The summed E-state index contributed by atoms with van der Waals surface area (Å²) in [5.41, 5.74) is 0.831. The minimum atomic E-state index is -2.99. The number of carbonyl (C=O) groups is 1. The van der Waals surface area contributed by atoms with E-state index >= 15 is 0 Å². The quantitative estimate of drug-likeness (QED) is 0.765. The molecule has 2 aromatic carbocycles. The monoisotopic (exact) mass is 322 g/mol. The first-order valence-electron chi connectivity index (χ1n) is 6.87. The van der Waals surface area contributed by atoms with E-state index in [1.165, 1.54) is 18.2 Å². The molecule has 0 saturated carbocycles. The van der Waals surface area contributed by atoms with E-state index < -0.39 is 18.7 Å². The molecule has 3 N–H and O–H groups in total. The third-order valence-corrected chi connectivity index (χ3v) is 3.04. The maximum absolute atomic E-state index is 12.3. The predicted molar refractivity (Wildman–Crippen MR) is 81.5 cm³/mol. The van der Waals surface area contributed by atoms with Crippen LogP contribution in [0.4, 0.5) is 19.3 Å². The highest BCUT2D eigenvalue weighted by Crippen LogP contribution is 2.25. The summed E-state index contributed by atoms with van der Waals surface area (Å²) in [6, 6.07) is 13.5. The zero-order valence-electron chi connectivity index (χ0n) is 12.1. The average molecular weight is 322 g/mol. The molecule has 122 valence electrons. The van der Waals surface area contributed by atoms with E-state index in [1.54, 1.807) is 30.3 Å². The number of carbonyl (C=O) groups excluding carboxylic acids is 1. The van der Waals surface area contributed by atoms with Crippen molar-refractivity contribution in [2.45, 2.75) is 12.7 Å². The molecule has 0 saturated heterocycles. The van der Waals surface area contributed by atoms with Crippen LogP contribution in [0.3, 0.4) is 0 Å². The molecule has 2 rings (SSSR count). The van der Waals surface area contributed by atoms with Crippen molar-refractivity contribution in [3.8, 4) is 5.75 Å². The third kappa shape index (κ3) is 4.93. The molecule has 0 aromatic heterocycles. The molecular formula is C16H16F2N2O3. The second-order valence-corrected chi connectivity index (χ2v) is 4.62. The Kier molecular flexibility index (Phi) is 5.87. The van der Waals surface area contributed by atoms with Crippen LogP contribution in [-0.4, -0.2) is 24.4 Å². The third-order valence-electron chi connectivity index (χ3n) is 3.04. The van der Waals surface area contributed by atoms with Crippen LogP contribution in [0.2, 0.25) is 0 Å². The van der Waals surface area contributed by atoms with E-state index in [0.717, 1.165) is 5.56 Å². The second-order valence-electron chi connectivity index (χ2n) is 4.62. The van der Waals surface area contributed by atoms with Crippen LogP contribution in [0.15, 0.2) is 54.6 Å². The molecule has 0 heterocycles. The van der Waals surface area contributed by atoms with Gasteiger partial charge >= 0.3 is 12.6 Å². The minimum Gasteiger partial charge on any atom is -0.433 e. The molecule has 0 aliphatic heterocycles. The number of hydrogen-bond acceptors (Lipinski definition) is 3. The van der Waals surface area contributed by atoms with Crippen molar-refractivity contribution in [1.29, 1.82) is 0 Å². The van der Waals surface area contributed by atoms with Gasteiger partial charge in [-0.25, -0.2) is 4.79 Å². The highest BCUT2D eigenvalue weighted by Gasteiger charge is 2.15. The first-order chi connectivity index (χ1) is 11.1. The predicted octanol–water partition coefficient (Wildman–Crippen LogP) is 3.14. The summed E-state index contributed by atoms with van der Waals surface area (Å²) >= 11 is 0. The molecule has 1 unspecified atom stereocenters. The molecule has 0 radical (unpaired) electrons. The highest BCUT2D eigenvalue weighted by molar-refractivity contribution is 5.91. The Labute approximate surface area is 131 Å². The molecule has 0 aliphatic carbocycles. The molecule has 1 atom stereocenters. The van der Waals surface area contributed by atoms with Crippen LogP contribution in [0.1, 0.15) is 11.6 Å². The lowest BCUT2D eigenvalue weighted by atomic mass is 10.1. The summed E-state index contributed by atoms with van der Waals surface area (Å²) in [6.45, 7) is -3.29. The second kappa shape index (κ2) is 8.09. The number of halogens is 2. The van der Waals surface area contributed by atoms with Crippen molar-refractivity contribution in [2.24, 2.45) is 0 Å². The number of urea groups is 1. The number of amides is 2. The van der Waals surface area contributed by atoms with Gasteiger partial charge in [0.05, 0.1) is 18.3 Å². The minimum absolute atomic E-state index is 0.107. The number of benzene rings is 2. The number of aliphatic hydroxyl groups is 1. The molecule has 0 spiro atoms. The van der Waals surface area contributed by atoms with Gasteiger partial charge in [0, 0.05) is 0 Å². The molecule has 0 fully saturated rings. The van der Waals surface area contributed by atoms with E-state index in [2.05, 4.69) is 15.4 Å². The Morgan fingerprint density at radius 3 is 2.39 bits per heavy atom. The van der Waals surface area contributed by atoms with Gasteiger partial charge in [0.15, 0.2) is 0 Å². The number of para-hydroxylation sites is 2.